The molecule has 3 N–H and O–H groups in total. The second-order valence-corrected chi connectivity index (χ2v) is 4.68. The molecule has 0 bridgehead atoms. The summed E-state index contributed by atoms with van der Waals surface area (Å²) in [5.74, 6) is 1.29. The summed E-state index contributed by atoms with van der Waals surface area (Å²) in [7, 11) is 1.78. The summed E-state index contributed by atoms with van der Waals surface area (Å²) >= 11 is 0. The van der Waals surface area contributed by atoms with Crippen LogP contribution in [0.15, 0.2) is 36.4 Å². The van der Waals surface area contributed by atoms with Gasteiger partial charge in [0, 0.05) is 18.8 Å². The number of nitrogens with zero attached hydrogens (tertiary/aromatic N) is 2. The summed E-state index contributed by atoms with van der Waals surface area (Å²) in [6.45, 7) is 1.96. The Morgan fingerprint density at radius 2 is 1.95 bits per heavy atom. The lowest BCUT2D eigenvalue weighted by atomic mass is 10.1. The fourth-order valence-corrected chi connectivity index (χ4v) is 2.02. The number of hydrogen-bond acceptors (Lipinski definition) is 5. The molecule has 0 aliphatic heterocycles. The topological polar surface area (TPSA) is 70.1 Å². The maximum absolute atomic E-state index is 9.52. The summed E-state index contributed by atoms with van der Waals surface area (Å²) in [5, 5.41) is 15.7. The normalized spacial score (nSPS) is 11.9. The van der Waals surface area contributed by atoms with Crippen molar-refractivity contribution in [3.05, 3.63) is 47.7 Å². The van der Waals surface area contributed by atoms with Crippen LogP contribution in [0.25, 0.3) is 0 Å². The average Bonchev–Trinajstić information content (AvgIpc) is 2.47. The quantitative estimate of drug-likeness (QED) is 0.748. The zero-order valence-electron chi connectivity index (χ0n) is 11.8. The SMILES string of the molecule is CNc1nc(C)cc(NC(CO)Cc2ccccc2)n1. The van der Waals surface area contributed by atoms with Gasteiger partial charge in [0.15, 0.2) is 0 Å². The molecular formula is C15H20N4O. The van der Waals surface area contributed by atoms with Gasteiger partial charge in [-0.15, -0.1) is 0 Å². The van der Waals surface area contributed by atoms with Gasteiger partial charge in [0.1, 0.15) is 5.82 Å². The van der Waals surface area contributed by atoms with E-state index in [4.69, 9.17) is 0 Å². The molecule has 0 spiro atoms. The minimum atomic E-state index is -0.0728. The van der Waals surface area contributed by atoms with Crippen LogP contribution in [-0.4, -0.2) is 34.8 Å². The minimum Gasteiger partial charge on any atom is -0.394 e. The van der Waals surface area contributed by atoms with E-state index < -0.39 is 0 Å². The summed E-state index contributed by atoms with van der Waals surface area (Å²) in [5.41, 5.74) is 2.06. The summed E-state index contributed by atoms with van der Waals surface area (Å²) in [6, 6.07) is 11.9. The monoisotopic (exact) mass is 272 g/mol. The first-order chi connectivity index (χ1) is 9.71. The Kier molecular flexibility index (Phi) is 4.90. The van der Waals surface area contributed by atoms with Crippen LogP contribution in [-0.2, 0) is 6.42 Å². The van der Waals surface area contributed by atoms with E-state index in [1.807, 2.05) is 31.2 Å². The number of aliphatic hydroxyl groups excluding tert-OH is 1. The number of hydrogen-bond donors (Lipinski definition) is 3. The van der Waals surface area contributed by atoms with Crippen molar-refractivity contribution in [2.24, 2.45) is 0 Å². The van der Waals surface area contributed by atoms with Crippen LogP contribution in [0.1, 0.15) is 11.3 Å². The maximum Gasteiger partial charge on any atom is 0.224 e. The molecule has 0 amide bonds. The molecule has 1 atom stereocenters. The van der Waals surface area contributed by atoms with Crippen molar-refractivity contribution in [3.63, 3.8) is 0 Å². The molecule has 2 aromatic rings. The van der Waals surface area contributed by atoms with Gasteiger partial charge in [-0.05, 0) is 18.9 Å². The lowest BCUT2D eigenvalue weighted by Crippen LogP contribution is -2.27. The molecular weight excluding hydrogens is 252 g/mol. The number of benzene rings is 1. The fraction of sp³-hybridized carbons (Fsp3) is 0.333. The first kappa shape index (κ1) is 14.3. The van der Waals surface area contributed by atoms with Gasteiger partial charge in [-0.3, -0.25) is 0 Å². The summed E-state index contributed by atoms with van der Waals surface area (Å²) < 4.78 is 0. The molecule has 0 aliphatic carbocycles. The van der Waals surface area contributed by atoms with Gasteiger partial charge >= 0.3 is 0 Å². The van der Waals surface area contributed by atoms with Gasteiger partial charge in [-0.1, -0.05) is 30.3 Å². The van der Waals surface area contributed by atoms with Gasteiger partial charge in [0.05, 0.1) is 12.6 Å². The summed E-state index contributed by atoms with van der Waals surface area (Å²) in [6.07, 6.45) is 0.745. The molecule has 20 heavy (non-hydrogen) atoms. The zero-order valence-corrected chi connectivity index (χ0v) is 11.8. The zero-order chi connectivity index (χ0) is 14.4. The van der Waals surface area contributed by atoms with Gasteiger partial charge in [0.2, 0.25) is 5.95 Å². The molecule has 1 aromatic carbocycles. The molecule has 1 unspecified atom stereocenters. The highest BCUT2D eigenvalue weighted by atomic mass is 16.3. The first-order valence-electron chi connectivity index (χ1n) is 6.66. The Morgan fingerprint density at radius 3 is 2.60 bits per heavy atom. The average molecular weight is 272 g/mol. The van der Waals surface area contributed by atoms with E-state index >= 15 is 0 Å². The summed E-state index contributed by atoms with van der Waals surface area (Å²) in [4.78, 5) is 8.58. The second-order valence-electron chi connectivity index (χ2n) is 4.68. The Bertz CT molecular complexity index is 545. The number of anilines is 2. The van der Waals surface area contributed by atoms with Gasteiger partial charge in [-0.25, -0.2) is 4.98 Å². The van der Waals surface area contributed by atoms with Crippen LogP contribution < -0.4 is 10.6 Å². The molecule has 0 saturated carbocycles. The number of aryl methyl sites for hydroxylation is 1. The number of nitrogens with one attached hydrogen (secondary N) is 2. The lowest BCUT2D eigenvalue weighted by Gasteiger charge is -2.17. The Hall–Kier alpha value is -2.14. The predicted octanol–water partition coefficient (Wildman–Crippen LogP) is 1.84. The van der Waals surface area contributed by atoms with Crippen molar-refractivity contribution in [2.45, 2.75) is 19.4 Å². The largest absolute Gasteiger partial charge is 0.394 e. The highest BCUT2D eigenvalue weighted by Gasteiger charge is 2.10. The van der Waals surface area contributed by atoms with Crippen molar-refractivity contribution in [2.75, 3.05) is 24.3 Å². The van der Waals surface area contributed by atoms with Crippen molar-refractivity contribution < 1.29 is 5.11 Å². The minimum absolute atomic E-state index is 0.0484. The molecule has 0 saturated heterocycles. The number of aromatic nitrogens is 2. The molecule has 2 rings (SSSR count). The van der Waals surface area contributed by atoms with Crippen LogP contribution >= 0.6 is 0 Å². The Labute approximate surface area is 119 Å². The standard InChI is InChI=1S/C15H20N4O/c1-11-8-14(19-15(16-2)17-11)18-13(10-20)9-12-6-4-3-5-7-12/h3-8,13,20H,9-10H2,1-2H3,(H2,16,17,18,19). The van der Waals surface area contributed by atoms with Crippen LogP contribution in [0, 0.1) is 6.92 Å². The predicted molar refractivity (Wildman–Crippen MR) is 81.0 cm³/mol. The Morgan fingerprint density at radius 1 is 1.20 bits per heavy atom. The lowest BCUT2D eigenvalue weighted by molar-refractivity contribution is 0.273. The van der Waals surface area contributed by atoms with Crippen LogP contribution in [0.5, 0.6) is 0 Å². The Balaban J connectivity index is 2.08. The highest BCUT2D eigenvalue weighted by Crippen LogP contribution is 2.12. The van der Waals surface area contributed by atoms with Crippen molar-refractivity contribution >= 4 is 11.8 Å². The van der Waals surface area contributed by atoms with E-state index in [9.17, 15) is 5.11 Å². The van der Waals surface area contributed by atoms with Crippen molar-refractivity contribution in [3.8, 4) is 0 Å². The second kappa shape index (κ2) is 6.86. The molecule has 5 nitrogen and oxygen atoms in total. The molecule has 5 heteroatoms. The third-order valence-electron chi connectivity index (χ3n) is 2.98. The molecule has 1 heterocycles. The molecule has 106 valence electrons. The van der Waals surface area contributed by atoms with E-state index in [0.717, 1.165) is 17.9 Å². The van der Waals surface area contributed by atoms with E-state index in [0.29, 0.717) is 5.95 Å². The molecule has 0 radical (unpaired) electrons. The third-order valence-corrected chi connectivity index (χ3v) is 2.98. The first-order valence-corrected chi connectivity index (χ1v) is 6.66. The van der Waals surface area contributed by atoms with Gasteiger partial charge in [-0.2, -0.15) is 4.98 Å². The molecule has 0 fully saturated rings. The van der Waals surface area contributed by atoms with Crippen molar-refractivity contribution in [1.82, 2.24) is 9.97 Å². The number of aliphatic hydroxyl groups is 1. The van der Waals surface area contributed by atoms with Gasteiger partial charge < -0.3 is 15.7 Å². The fourth-order valence-electron chi connectivity index (χ4n) is 2.02. The van der Waals surface area contributed by atoms with E-state index in [1.54, 1.807) is 7.05 Å². The van der Waals surface area contributed by atoms with E-state index in [-0.39, 0.29) is 12.6 Å². The molecule has 0 aliphatic rings. The smallest absolute Gasteiger partial charge is 0.224 e. The van der Waals surface area contributed by atoms with Crippen LogP contribution in [0.3, 0.4) is 0 Å². The number of rotatable bonds is 6. The van der Waals surface area contributed by atoms with E-state index in [1.165, 1.54) is 5.56 Å². The van der Waals surface area contributed by atoms with Crippen LogP contribution in [0.4, 0.5) is 11.8 Å². The molecule has 1 aromatic heterocycles. The van der Waals surface area contributed by atoms with Crippen LogP contribution in [0.2, 0.25) is 0 Å². The van der Waals surface area contributed by atoms with Crippen molar-refractivity contribution in [1.29, 1.82) is 0 Å². The third kappa shape index (κ3) is 3.93. The van der Waals surface area contributed by atoms with Gasteiger partial charge in [0.25, 0.3) is 0 Å². The highest BCUT2D eigenvalue weighted by molar-refractivity contribution is 5.43. The maximum atomic E-state index is 9.52. The van der Waals surface area contributed by atoms with E-state index in [2.05, 4.69) is 32.7 Å².